The van der Waals surface area contributed by atoms with Crippen LogP contribution < -0.4 is 10.6 Å². The SMILES string of the molecule is CN=C(NCc1nnc2n1CCCC2)NCC(C)c1cccs1. The first-order valence-corrected chi connectivity index (χ1v) is 9.04. The van der Waals surface area contributed by atoms with Crippen LogP contribution in [0.5, 0.6) is 0 Å². The topological polar surface area (TPSA) is 67.1 Å². The maximum Gasteiger partial charge on any atom is 0.191 e. The van der Waals surface area contributed by atoms with Crippen molar-refractivity contribution in [2.75, 3.05) is 13.6 Å². The molecule has 0 saturated carbocycles. The zero-order chi connectivity index (χ0) is 16.1. The second kappa shape index (κ2) is 7.59. The number of nitrogens with one attached hydrogen (secondary N) is 2. The third kappa shape index (κ3) is 3.90. The predicted octanol–water partition coefficient (Wildman–Crippen LogP) is 2.14. The van der Waals surface area contributed by atoms with Crippen molar-refractivity contribution >= 4 is 17.3 Å². The van der Waals surface area contributed by atoms with Gasteiger partial charge in [-0.25, -0.2) is 0 Å². The molecule has 0 fully saturated rings. The van der Waals surface area contributed by atoms with Crippen LogP contribution in [0, 0.1) is 0 Å². The first-order valence-electron chi connectivity index (χ1n) is 8.17. The largest absolute Gasteiger partial charge is 0.356 e. The number of fused-ring (bicyclic) bond motifs is 1. The van der Waals surface area contributed by atoms with Crippen LogP contribution in [0.2, 0.25) is 0 Å². The number of rotatable bonds is 5. The van der Waals surface area contributed by atoms with Gasteiger partial charge in [-0.05, 0) is 24.3 Å². The molecule has 1 atom stereocenters. The summed E-state index contributed by atoms with van der Waals surface area (Å²) in [6.45, 7) is 4.76. The maximum absolute atomic E-state index is 4.31. The molecule has 3 rings (SSSR count). The highest BCUT2D eigenvalue weighted by atomic mass is 32.1. The first kappa shape index (κ1) is 16.0. The minimum atomic E-state index is 0.467. The fourth-order valence-corrected chi connectivity index (χ4v) is 3.59. The molecule has 0 radical (unpaired) electrons. The van der Waals surface area contributed by atoms with Crippen LogP contribution in [-0.4, -0.2) is 34.3 Å². The van der Waals surface area contributed by atoms with Gasteiger partial charge < -0.3 is 15.2 Å². The maximum atomic E-state index is 4.31. The lowest BCUT2D eigenvalue weighted by atomic mass is 10.1. The van der Waals surface area contributed by atoms with Crippen molar-refractivity contribution in [3.05, 3.63) is 34.0 Å². The monoisotopic (exact) mass is 332 g/mol. The second-order valence-corrected chi connectivity index (χ2v) is 6.84. The second-order valence-electron chi connectivity index (χ2n) is 5.86. The zero-order valence-corrected chi connectivity index (χ0v) is 14.6. The van der Waals surface area contributed by atoms with E-state index in [1.165, 1.54) is 17.7 Å². The van der Waals surface area contributed by atoms with Crippen LogP contribution in [0.3, 0.4) is 0 Å². The summed E-state index contributed by atoms with van der Waals surface area (Å²) in [6, 6.07) is 4.27. The molecule has 1 unspecified atom stereocenters. The third-order valence-electron chi connectivity index (χ3n) is 4.18. The summed E-state index contributed by atoms with van der Waals surface area (Å²) in [5.41, 5.74) is 0. The Kier molecular flexibility index (Phi) is 5.27. The molecule has 0 saturated heterocycles. The predicted molar refractivity (Wildman–Crippen MR) is 93.9 cm³/mol. The minimum Gasteiger partial charge on any atom is -0.356 e. The smallest absolute Gasteiger partial charge is 0.191 e. The van der Waals surface area contributed by atoms with E-state index < -0.39 is 0 Å². The van der Waals surface area contributed by atoms with Crippen molar-refractivity contribution < 1.29 is 0 Å². The summed E-state index contributed by atoms with van der Waals surface area (Å²) in [5, 5.41) is 17.4. The molecular weight excluding hydrogens is 308 g/mol. The number of hydrogen-bond donors (Lipinski definition) is 2. The fraction of sp³-hybridized carbons (Fsp3) is 0.562. The van der Waals surface area contributed by atoms with Gasteiger partial charge in [-0.3, -0.25) is 4.99 Å². The third-order valence-corrected chi connectivity index (χ3v) is 5.28. The number of aryl methyl sites for hydroxylation is 1. The van der Waals surface area contributed by atoms with Gasteiger partial charge in [0.2, 0.25) is 0 Å². The molecule has 2 aromatic heterocycles. The number of thiophene rings is 1. The highest BCUT2D eigenvalue weighted by Crippen LogP contribution is 2.19. The van der Waals surface area contributed by atoms with Crippen LogP contribution in [0.4, 0.5) is 0 Å². The van der Waals surface area contributed by atoms with Gasteiger partial charge in [0, 0.05) is 37.4 Å². The van der Waals surface area contributed by atoms with E-state index in [9.17, 15) is 0 Å². The van der Waals surface area contributed by atoms with E-state index in [2.05, 4.69) is 54.8 Å². The van der Waals surface area contributed by atoms with Crippen LogP contribution >= 0.6 is 11.3 Å². The lowest BCUT2D eigenvalue weighted by Gasteiger charge is -2.17. The minimum absolute atomic E-state index is 0.467. The van der Waals surface area contributed by atoms with E-state index in [1.807, 2.05) is 0 Å². The average molecular weight is 332 g/mol. The summed E-state index contributed by atoms with van der Waals surface area (Å²) < 4.78 is 2.23. The van der Waals surface area contributed by atoms with Gasteiger partial charge in [0.05, 0.1) is 6.54 Å². The van der Waals surface area contributed by atoms with Crippen molar-refractivity contribution in [2.45, 2.75) is 45.2 Å². The summed E-state index contributed by atoms with van der Waals surface area (Å²) in [4.78, 5) is 5.68. The molecule has 0 aliphatic carbocycles. The standard InChI is InChI=1S/C16H24N6S/c1-12(13-6-5-9-23-13)10-18-16(17-2)19-11-15-21-20-14-7-3-4-8-22(14)15/h5-6,9,12H,3-4,7-8,10-11H2,1-2H3,(H2,17,18,19). The molecular formula is C16H24N6S. The molecule has 0 bridgehead atoms. The summed E-state index contributed by atoms with van der Waals surface area (Å²) >= 11 is 1.80. The van der Waals surface area contributed by atoms with Gasteiger partial charge in [-0.15, -0.1) is 21.5 Å². The van der Waals surface area contributed by atoms with Crippen molar-refractivity contribution in [2.24, 2.45) is 4.99 Å². The van der Waals surface area contributed by atoms with Crippen molar-refractivity contribution in [3.63, 3.8) is 0 Å². The Bertz CT molecular complexity index is 646. The van der Waals surface area contributed by atoms with E-state index in [0.29, 0.717) is 12.5 Å². The molecule has 0 amide bonds. The van der Waals surface area contributed by atoms with Crippen LogP contribution in [0.1, 0.15) is 42.2 Å². The molecule has 3 heterocycles. The molecule has 0 spiro atoms. The fourth-order valence-electron chi connectivity index (χ4n) is 2.80. The molecule has 0 aromatic carbocycles. The lowest BCUT2D eigenvalue weighted by Crippen LogP contribution is -2.39. The van der Waals surface area contributed by atoms with Gasteiger partial charge in [0.25, 0.3) is 0 Å². The van der Waals surface area contributed by atoms with Crippen molar-refractivity contribution in [1.82, 2.24) is 25.4 Å². The number of nitrogens with zero attached hydrogens (tertiary/aromatic N) is 4. The number of guanidine groups is 1. The zero-order valence-electron chi connectivity index (χ0n) is 13.7. The van der Waals surface area contributed by atoms with Crippen LogP contribution in [-0.2, 0) is 19.5 Å². The summed E-state index contributed by atoms with van der Waals surface area (Å²) in [5.74, 6) is 3.38. The molecule has 1 aliphatic rings. The molecule has 23 heavy (non-hydrogen) atoms. The van der Waals surface area contributed by atoms with E-state index in [0.717, 1.165) is 37.1 Å². The number of aliphatic imine (C=N–C) groups is 1. The van der Waals surface area contributed by atoms with Crippen LogP contribution in [0.15, 0.2) is 22.5 Å². The molecule has 1 aliphatic heterocycles. The van der Waals surface area contributed by atoms with Gasteiger partial charge in [-0.1, -0.05) is 13.0 Å². The highest BCUT2D eigenvalue weighted by Gasteiger charge is 2.15. The molecule has 124 valence electrons. The Balaban J connectivity index is 1.51. The quantitative estimate of drug-likeness (QED) is 0.650. The van der Waals surface area contributed by atoms with Gasteiger partial charge in [0.15, 0.2) is 11.8 Å². The molecule has 2 aromatic rings. The average Bonchev–Trinajstić information content (AvgIpc) is 3.25. The Morgan fingerprint density at radius 3 is 3.09 bits per heavy atom. The summed E-state index contributed by atoms with van der Waals surface area (Å²) in [6.07, 6.45) is 3.47. The van der Waals surface area contributed by atoms with E-state index in [1.54, 1.807) is 18.4 Å². The Hall–Kier alpha value is -1.89. The highest BCUT2D eigenvalue weighted by molar-refractivity contribution is 7.10. The molecule has 7 heteroatoms. The Morgan fingerprint density at radius 1 is 1.39 bits per heavy atom. The number of aromatic nitrogens is 3. The summed E-state index contributed by atoms with van der Waals surface area (Å²) in [7, 11) is 1.80. The lowest BCUT2D eigenvalue weighted by molar-refractivity contribution is 0.504. The van der Waals surface area contributed by atoms with Gasteiger partial charge in [0.1, 0.15) is 5.82 Å². The molecule has 2 N–H and O–H groups in total. The Labute approximate surface area is 141 Å². The first-order chi connectivity index (χ1) is 11.3. The Morgan fingerprint density at radius 2 is 2.30 bits per heavy atom. The van der Waals surface area contributed by atoms with E-state index >= 15 is 0 Å². The molecule has 6 nitrogen and oxygen atoms in total. The van der Waals surface area contributed by atoms with E-state index in [4.69, 9.17) is 0 Å². The van der Waals surface area contributed by atoms with E-state index in [-0.39, 0.29) is 0 Å². The van der Waals surface area contributed by atoms with Crippen molar-refractivity contribution in [3.8, 4) is 0 Å². The van der Waals surface area contributed by atoms with Gasteiger partial charge >= 0.3 is 0 Å². The van der Waals surface area contributed by atoms with Crippen molar-refractivity contribution in [1.29, 1.82) is 0 Å². The van der Waals surface area contributed by atoms with Crippen LogP contribution in [0.25, 0.3) is 0 Å². The normalized spacial score (nSPS) is 16.0. The van der Waals surface area contributed by atoms with Gasteiger partial charge in [-0.2, -0.15) is 0 Å². The number of hydrogen-bond acceptors (Lipinski definition) is 4.